The topological polar surface area (TPSA) is 118 Å². The number of aryl methyl sites for hydroxylation is 1. The van der Waals surface area contributed by atoms with Crippen molar-refractivity contribution in [3.63, 3.8) is 0 Å². The van der Waals surface area contributed by atoms with Gasteiger partial charge in [0.15, 0.2) is 0 Å². The summed E-state index contributed by atoms with van der Waals surface area (Å²) in [5.41, 5.74) is 1.95. The molecule has 0 aliphatic carbocycles. The monoisotopic (exact) mass is 498 g/mol. The number of benzene rings is 2. The molecule has 10 heteroatoms. The molecule has 3 aromatic rings. The van der Waals surface area contributed by atoms with Crippen LogP contribution in [0.3, 0.4) is 0 Å². The van der Waals surface area contributed by atoms with Crippen LogP contribution in [0.5, 0.6) is 0 Å². The van der Waals surface area contributed by atoms with E-state index in [1.165, 1.54) is 31.7 Å². The van der Waals surface area contributed by atoms with Gasteiger partial charge in [-0.25, -0.2) is 0 Å². The zero-order valence-corrected chi connectivity index (χ0v) is 21.4. The maximum Gasteiger partial charge on any atom is 0.297 e. The Bertz CT molecular complexity index is 1190. The summed E-state index contributed by atoms with van der Waals surface area (Å²) in [6.45, 7) is 4.68. The summed E-state index contributed by atoms with van der Waals surface area (Å²) in [5.74, 6) is 1.09. The lowest BCUT2D eigenvalue weighted by molar-refractivity contribution is 0.397. The van der Waals surface area contributed by atoms with Gasteiger partial charge >= 0.3 is 0 Å². The summed E-state index contributed by atoms with van der Waals surface area (Å²) in [6, 6.07) is 14.6. The molecule has 0 atom stereocenters. The second-order valence-electron chi connectivity index (χ2n) is 8.22. The molecule has 0 spiro atoms. The smallest absolute Gasteiger partial charge is 0.297 e. The Morgan fingerprint density at radius 1 is 0.800 bits per heavy atom. The molecule has 0 aliphatic heterocycles. The van der Waals surface area contributed by atoms with Gasteiger partial charge in [0.25, 0.3) is 10.1 Å². The highest BCUT2D eigenvalue weighted by Gasteiger charge is 2.17. The van der Waals surface area contributed by atoms with Crippen LogP contribution in [0.1, 0.15) is 51.0 Å². The molecule has 0 fully saturated rings. The van der Waals surface area contributed by atoms with Crippen LogP contribution in [0, 0.1) is 6.92 Å². The fraction of sp³-hybridized carbons (Fsp3) is 0.400. The number of nitrogens with one attached hydrogen (secondary N) is 3. The van der Waals surface area contributed by atoms with E-state index >= 15 is 0 Å². The van der Waals surface area contributed by atoms with Crippen LogP contribution in [0.15, 0.2) is 53.4 Å². The van der Waals surface area contributed by atoms with Gasteiger partial charge in [-0.05, 0) is 43.2 Å². The molecule has 3 N–H and O–H groups in total. The third kappa shape index (κ3) is 8.18. The number of aromatic nitrogens is 3. The Labute approximate surface area is 207 Å². The van der Waals surface area contributed by atoms with Crippen molar-refractivity contribution in [1.82, 2.24) is 15.0 Å². The van der Waals surface area contributed by atoms with Gasteiger partial charge in [-0.3, -0.25) is 4.18 Å². The van der Waals surface area contributed by atoms with Crippen molar-refractivity contribution in [3.8, 4) is 0 Å². The minimum Gasteiger partial charge on any atom is -0.354 e. The van der Waals surface area contributed by atoms with Crippen LogP contribution < -0.4 is 16.0 Å². The molecule has 0 unspecified atom stereocenters. The van der Waals surface area contributed by atoms with E-state index in [1.807, 2.05) is 30.3 Å². The molecule has 0 aliphatic rings. The van der Waals surface area contributed by atoms with Gasteiger partial charge in [0.2, 0.25) is 17.8 Å². The summed E-state index contributed by atoms with van der Waals surface area (Å²) in [4.78, 5) is 13.5. The van der Waals surface area contributed by atoms with Gasteiger partial charge in [-0.1, -0.05) is 63.3 Å². The van der Waals surface area contributed by atoms with E-state index in [1.54, 1.807) is 19.1 Å². The molecule has 3 rings (SSSR count). The van der Waals surface area contributed by atoms with E-state index in [4.69, 9.17) is 0 Å². The average molecular weight is 499 g/mol. The molecule has 2 aromatic carbocycles. The maximum atomic E-state index is 12.3. The van der Waals surface area contributed by atoms with Gasteiger partial charge in [-0.2, -0.15) is 23.4 Å². The summed E-state index contributed by atoms with van der Waals surface area (Å²) in [7, 11) is -2.70. The van der Waals surface area contributed by atoms with Crippen LogP contribution in [0.2, 0.25) is 0 Å². The summed E-state index contributed by atoms with van der Waals surface area (Å²) in [6.07, 6.45) is 7.17. The van der Waals surface area contributed by atoms with Crippen molar-refractivity contribution in [2.45, 2.75) is 57.3 Å². The number of hydrogen-bond acceptors (Lipinski definition) is 9. The van der Waals surface area contributed by atoms with Crippen molar-refractivity contribution in [1.29, 1.82) is 0 Å². The van der Waals surface area contributed by atoms with Gasteiger partial charge in [0.05, 0.1) is 12.0 Å². The summed E-state index contributed by atoms with van der Waals surface area (Å²) >= 11 is 0. The lowest BCUT2D eigenvalue weighted by Crippen LogP contribution is -2.11. The Hall–Kier alpha value is -3.24. The molecule has 1 aromatic heterocycles. The SMILES string of the molecule is CCCCCCCCNc1nc(Nc2ccccc2)nc(Nc2ccc(C)c(S(=O)(=O)OC)c2)n1. The Balaban J connectivity index is 1.78. The first kappa shape index (κ1) is 26.4. The fourth-order valence-electron chi connectivity index (χ4n) is 3.49. The minimum absolute atomic E-state index is 0.0862. The minimum atomic E-state index is -3.84. The van der Waals surface area contributed by atoms with E-state index < -0.39 is 10.1 Å². The van der Waals surface area contributed by atoms with Crippen molar-refractivity contribution in [2.75, 3.05) is 29.6 Å². The molecule has 0 saturated carbocycles. The third-order valence-corrected chi connectivity index (χ3v) is 6.83. The standard InChI is InChI=1S/C25H34N6O3S/c1-4-5-6-7-8-12-17-26-23-29-24(27-20-13-10-9-11-14-20)31-25(30-23)28-21-16-15-19(2)22(18-21)35(32,33)34-3/h9-11,13-16,18H,4-8,12,17H2,1-3H3,(H3,26,27,28,29,30,31). The first-order valence-electron chi connectivity index (χ1n) is 11.9. The number of unbranched alkanes of at least 4 members (excludes halogenated alkanes) is 5. The lowest BCUT2D eigenvalue weighted by atomic mass is 10.1. The molecule has 9 nitrogen and oxygen atoms in total. The van der Waals surface area contributed by atoms with Crippen LogP contribution in [-0.4, -0.2) is 37.0 Å². The van der Waals surface area contributed by atoms with Crippen molar-refractivity contribution in [2.24, 2.45) is 0 Å². The Morgan fingerprint density at radius 3 is 2.11 bits per heavy atom. The lowest BCUT2D eigenvalue weighted by Gasteiger charge is -2.13. The fourth-order valence-corrected chi connectivity index (χ4v) is 4.40. The second kappa shape index (κ2) is 13.0. The van der Waals surface area contributed by atoms with E-state index in [0.29, 0.717) is 23.1 Å². The summed E-state index contributed by atoms with van der Waals surface area (Å²) < 4.78 is 29.2. The van der Waals surface area contributed by atoms with E-state index in [2.05, 4.69) is 42.0 Å². The normalized spacial score (nSPS) is 11.3. The first-order chi connectivity index (χ1) is 16.9. The van der Waals surface area contributed by atoms with Crippen molar-refractivity contribution >= 4 is 39.3 Å². The molecule has 0 saturated heterocycles. The number of nitrogens with zero attached hydrogens (tertiary/aromatic N) is 3. The third-order valence-electron chi connectivity index (χ3n) is 5.41. The molecular weight excluding hydrogens is 464 g/mol. The van der Waals surface area contributed by atoms with Crippen molar-refractivity contribution in [3.05, 3.63) is 54.1 Å². The quantitative estimate of drug-likeness (QED) is 0.188. The molecule has 35 heavy (non-hydrogen) atoms. The molecule has 0 bridgehead atoms. The van der Waals surface area contributed by atoms with Gasteiger partial charge in [-0.15, -0.1) is 0 Å². The van der Waals surface area contributed by atoms with Crippen LogP contribution in [0.25, 0.3) is 0 Å². The van der Waals surface area contributed by atoms with E-state index in [9.17, 15) is 8.42 Å². The Kier molecular flexibility index (Phi) is 9.80. The number of rotatable bonds is 14. The predicted octanol–water partition coefficient (Wildman–Crippen LogP) is 5.77. The molecule has 1 heterocycles. The van der Waals surface area contributed by atoms with Crippen LogP contribution in [0.4, 0.5) is 29.2 Å². The van der Waals surface area contributed by atoms with Gasteiger partial charge in [0, 0.05) is 17.9 Å². The van der Waals surface area contributed by atoms with Crippen molar-refractivity contribution < 1.29 is 12.6 Å². The number of hydrogen-bond donors (Lipinski definition) is 3. The van der Waals surface area contributed by atoms with Gasteiger partial charge in [0.1, 0.15) is 0 Å². The zero-order chi connectivity index (χ0) is 25.1. The highest BCUT2D eigenvalue weighted by molar-refractivity contribution is 7.86. The second-order valence-corrected chi connectivity index (χ2v) is 9.90. The molecule has 188 valence electrons. The average Bonchev–Trinajstić information content (AvgIpc) is 2.85. The first-order valence-corrected chi connectivity index (χ1v) is 13.3. The Morgan fingerprint density at radius 2 is 1.43 bits per heavy atom. The predicted molar refractivity (Wildman–Crippen MR) is 140 cm³/mol. The molecule has 0 amide bonds. The van der Waals surface area contributed by atoms with Gasteiger partial charge < -0.3 is 16.0 Å². The highest BCUT2D eigenvalue weighted by atomic mass is 32.2. The molecule has 0 radical (unpaired) electrons. The highest BCUT2D eigenvalue weighted by Crippen LogP contribution is 2.24. The number of anilines is 5. The number of para-hydroxylation sites is 1. The van der Waals surface area contributed by atoms with Crippen LogP contribution in [-0.2, 0) is 14.3 Å². The van der Waals surface area contributed by atoms with Crippen LogP contribution >= 0.6 is 0 Å². The largest absolute Gasteiger partial charge is 0.354 e. The molecular formula is C25H34N6O3S. The summed E-state index contributed by atoms with van der Waals surface area (Å²) in [5, 5.41) is 9.57. The zero-order valence-electron chi connectivity index (χ0n) is 20.5. The van der Waals surface area contributed by atoms with E-state index in [0.717, 1.165) is 32.2 Å². The maximum absolute atomic E-state index is 12.3. The van der Waals surface area contributed by atoms with E-state index in [-0.39, 0.29) is 10.8 Å².